The van der Waals surface area contributed by atoms with Gasteiger partial charge in [0.2, 0.25) is 0 Å². The van der Waals surface area contributed by atoms with Crippen molar-refractivity contribution in [3.8, 4) is 0 Å². The van der Waals surface area contributed by atoms with Gasteiger partial charge in [0.05, 0.1) is 11.5 Å². The Morgan fingerprint density at radius 1 is 0.857 bits per heavy atom. The van der Waals surface area contributed by atoms with Crippen molar-refractivity contribution in [3.05, 3.63) is 0 Å². The Bertz CT molecular complexity index is 119. The van der Waals surface area contributed by atoms with Gasteiger partial charge < -0.3 is 0 Å². The van der Waals surface area contributed by atoms with Gasteiger partial charge >= 0.3 is 0 Å². The van der Waals surface area contributed by atoms with Crippen molar-refractivity contribution in [2.45, 2.75) is 46.2 Å². The van der Waals surface area contributed by atoms with Crippen molar-refractivity contribution in [2.24, 2.45) is 0 Å². The van der Waals surface area contributed by atoms with Gasteiger partial charge in [-0.3, -0.25) is 9.80 Å². The largest absolute Gasteiger partial charge is 0.287 e. The van der Waals surface area contributed by atoms with Crippen LogP contribution in [0.15, 0.2) is 0 Å². The Balaban J connectivity index is 4.54. The minimum Gasteiger partial charge on any atom is -0.287 e. The van der Waals surface area contributed by atoms with Crippen molar-refractivity contribution in [1.82, 2.24) is 9.80 Å². The van der Waals surface area contributed by atoms with E-state index in [-0.39, 0.29) is 5.38 Å². The Kier molecular flexibility index (Phi) is 7.61. The summed E-state index contributed by atoms with van der Waals surface area (Å²) in [4.78, 5) is 4.84. The van der Waals surface area contributed by atoms with Gasteiger partial charge in [0, 0.05) is 0 Å². The van der Waals surface area contributed by atoms with E-state index in [1.54, 1.807) is 0 Å². The van der Waals surface area contributed by atoms with E-state index in [4.69, 9.17) is 11.6 Å². The predicted molar refractivity (Wildman–Crippen MR) is 64.9 cm³/mol. The third-order valence-electron chi connectivity index (χ3n) is 2.78. The van der Waals surface area contributed by atoms with E-state index in [0.717, 1.165) is 26.2 Å². The molecule has 0 saturated heterocycles. The molecule has 3 heteroatoms. The van der Waals surface area contributed by atoms with Crippen molar-refractivity contribution < 1.29 is 0 Å². The summed E-state index contributed by atoms with van der Waals surface area (Å²) in [6.07, 6.45) is 0.377. The third kappa shape index (κ3) is 3.76. The van der Waals surface area contributed by atoms with E-state index in [9.17, 15) is 0 Å². The summed E-state index contributed by atoms with van der Waals surface area (Å²) in [5, 5.41) is 0.176. The molecule has 0 spiro atoms. The summed E-state index contributed by atoms with van der Waals surface area (Å²) in [5.74, 6) is 0. The molecule has 0 aliphatic heterocycles. The Hall–Kier alpha value is 0.210. The Morgan fingerprint density at radius 2 is 1.14 bits per heavy atom. The molecule has 0 aliphatic rings. The molecule has 1 unspecified atom stereocenters. The summed E-state index contributed by atoms with van der Waals surface area (Å²) in [7, 11) is 0. The fourth-order valence-electron chi connectivity index (χ4n) is 2.01. The summed E-state index contributed by atoms with van der Waals surface area (Å²) in [5.41, 5.74) is 0. The molecule has 0 aromatic rings. The molecule has 0 aliphatic carbocycles. The first-order chi connectivity index (χ1) is 6.62. The van der Waals surface area contributed by atoms with Crippen LogP contribution in [0.4, 0.5) is 0 Å². The van der Waals surface area contributed by atoms with Gasteiger partial charge in [-0.05, 0) is 33.1 Å². The molecule has 0 aromatic heterocycles. The number of hydrogen-bond donors (Lipinski definition) is 0. The average Bonchev–Trinajstić information content (AvgIpc) is 2.18. The van der Waals surface area contributed by atoms with Gasteiger partial charge in [-0.2, -0.15) is 0 Å². The molecule has 0 aromatic carbocycles. The van der Waals surface area contributed by atoms with E-state index < -0.39 is 0 Å². The molecule has 0 rings (SSSR count). The van der Waals surface area contributed by atoms with Crippen LogP contribution >= 0.6 is 11.6 Å². The van der Waals surface area contributed by atoms with Crippen LogP contribution in [0.1, 0.15) is 34.6 Å². The number of rotatable bonds is 7. The molecule has 14 heavy (non-hydrogen) atoms. The van der Waals surface area contributed by atoms with Crippen LogP contribution in [0, 0.1) is 0 Å². The molecule has 0 N–H and O–H groups in total. The molecule has 0 amide bonds. The molecule has 0 saturated carbocycles. The van der Waals surface area contributed by atoms with E-state index >= 15 is 0 Å². The van der Waals surface area contributed by atoms with E-state index in [0.29, 0.717) is 6.17 Å². The van der Waals surface area contributed by atoms with Crippen molar-refractivity contribution in [3.63, 3.8) is 0 Å². The number of hydrogen-bond acceptors (Lipinski definition) is 2. The fourth-order valence-corrected chi connectivity index (χ4v) is 2.33. The molecule has 0 bridgehead atoms. The first kappa shape index (κ1) is 14.2. The maximum atomic E-state index is 6.26. The second-order valence-corrected chi connectivity index (χ2v) is 4.22. The van der Waals surface area contributed by atoms with Crippen LogP contribution in [0.25, 0.3) is 0 Å². The lowest BCUT2D eigenvalue weighted by molar-refractivity contribution is 0.0566. The van der Waals surface area contributed by atoms with Crippen LogP contribution in [-0.2, 0) is 0 Å². The average molecular weight is 221 g/mol. The Labute approximate surface area is 94.2 Å². The van der Waals surface area contributed by atoms with Crippen LogP contribution in [-0.4, -0.2) is 47.5 Å². The monoisotopic (exact) mass is 220 g/mol. The van der Waals surface area contributed by atoms with E-state index in [1.807, 2.05) is 0 Å². The topological polar surface area (TPSA) is 6.48 Å². The van der Waals surface area contributed by atoms with Crippen molar-refractivity contribution in [2.75, 3.05) is 26.2 Å². The van der Waals surface area contributed by atoms with Crippen LogP contribution in [0.5, 0.6) is 0 Å². The van der Waals surface area contributed by atoms with Gasteiger partial charge in [0.15, 0.2) is 0 Å². The molecule has 0 radical (unpaired) electrons. The van der Waals surface area contributed by atoms with E-state index in [1.165, 1.54) is 0 Å². The molecular formula is C11H25ClN2. The third-order valence-corrected chi connectivity index (χ3v) is 3.01. The van der Waals surface area contributed by atoms with E-state index in [2.05, 4.69) is 44.4 Å². The molecule has 0 heterocycles. The molecule has 1 atom stereocenters. The predicted octanol–water partition coefficient (Wildman–Crippen LogP) is 2.62. The van der Waals surface area contributed by atoms with Crippen LogP contribution in [0.2, 0.25) is 0 Å². The second kappa shape index (κ2) is 7.49. The molecule has 2 nitrogen and oxygen atoms in total. The maximum Gasteiger partial charge on any atom is 0.0787 e. The summed E-state index contributed by atoms with van der Waals surface area (Å²) >= 11 is 6.26. The number of alkyl halides is 1. The summed E-state index contributed by atoms with van der Waals surface area (Å²) in [6, 6.07) is 0. The smallest absolute Gasteiger partial charge is 0.0787 e. The summed E-state index contributed by atoms with van der Waals surface area (Å²) in [6.45, 7) is 15.1. The SMILES string of the molecule is CCN(CC)C(C(C)Cl)N(CC)CC. The minimum atomic E-state index is 0.176. The van der Waals surface area contributed by atoms with Crippen LogP contribution in [0.3, 0.4) is 0 Å². The van der Waals surface area contributed by atoms with Crippen molar-refractivity contribution >= 4 is 11.6 Å². The first-order valence-electron chi connectivity index (χ1n) is 5.74. The lowest BCUT2D eigenvalue weighted by atomic mass is 10.2. The summed E-state index contributed by atoms with van der Waals surface area (Å²) < 4.78 is 0. The number of nitrogens with zero attached hydrogens (tertiary/aromatic N) is 2. The van der Waals surface area contributed by atoms with Crippen molar-refractivity contribution in [1.29, 1.82) is 0 Å². The zero-order chi connectivity index (χ0) is 11.1. The van der Waals surface area contributed by atoms with Gasteiger partial charge in [-0.1, -0.05) is 27.7 Å². The normalized spacial score (nSPS) is 14.4. The van der Waals surface area contributed by atoms with Gasteiger partial charge in [-0.15, -0.1) is 11.6 Å². The highest BCUT2D eigenvalue weighted by molar-refractivity contribution is 6.20. The minimum absolute atomic E-state index is 0.176. The molecule has 86 valence electrons. The standard InChI is InChI=1S/C11H25ClN2/c1-6-13(7-2)11(10(5)12)14(8-3)9-4/h10-11H,6-9H2,1-5H3. The quantitative estimate of drug-likeness (QED) is 0.481. The lowest BCUT2D eigenvalue weighted by Gasteiger charge is -2.39. The molecular weight excluding hydrogens is 196 g/mol. The molecule has 0 fully saturated rings. The zero-order valence-corrected chi connectivity index (χ0v) is 11.0. The first-order valence-corrected chi connectivity index (χ1v) is 6.18. The van der Waals surface area contributed by atoms with Crippen LogP contribution < -0.4 is 0 Å². The maximum absolute atomic E-state index is 6.26. The van der Waals surface area contributed by atoms with Gasteiger partial charge in [-0.25, -0.2) is 0 Å². The highest BCUT2D eigenvalue weighted by Crippen LogP contribution is 2.14. The van der Waals surface area contributed by atoms with Gasteiger partial charge in [0.25, 0.3) is 0 Å². The highest BCUT2D eigenvalue weighted by Gasteiger charge is 2.25. The Morgan fingerprint density at radius 3 is 1.29 bits per heavy atom. The van der Waals surface area contributed by atoms with Gasteiger partial charge in [0.1, 0.15) is 0 Å². The lowest BCUT2D eigenvalue weighted by Crippen LogP contribution is -2.52. The fraction of sp³-hybridized carbons (Fsp3) is 1.00. The zero-order valence-electron chi connectivity index (χ0n) is 10.3. The number of halogens is 1. The second-order valence-electron chi connectivity index (χ2n) is 3.53. The highest BCUT2D eigenvalue weighted by atomic mass is 35.5.